The lowest BCUT2D eigenvalue weighted by Crippen LogP contribution is -2.05. The van der Waals surface area contributed by atoms with E-state index < -0.39 is 0 Å². The molecule has 0 spiro atoms. The predicted octanol–water partition coefficient (Wildman–Crippen LogP) is 1.91. The van der Waals surface area contributed by atoms with Gasteiger partial charge < -0.3 is 10.3 Å². The molecular formula is C10H15N5. The number of anilines is 1. The number of imidazole rings is 1. The third-order valence-corrected chi connectivity index (χ3v) is 2.16. The van der Waals surface area contributed by atoms with Gasteiger partial charge in [-0.3, -0.25) is 0 Å². The second-order valence-electron chi connectivity index (χ2n) is 3.72. The van der Waals surface area contributed by atoms with Crippen molar-refractivity contribution in [3.05, 3.63) is 12.2 Å². The van der Waals surface area contributed by atoms with Gasteiger partial charge in [0.15, 0.2) is 11.5 Å². The lowest BCUT2D eigenvalue weighted by atomic mass is 10.2. The molecule has 15 heavy (non-hydrogen) atoms. The Bertz CT molecular complexity index is 460. The number of aromatic nitrogens is 4. The summed E-state index contributed by atoms with van der Waals surface area (Å²) < 4.78 is 0. The maximum Gasteiger partial charge on any atom is 0.183 e. The van der Waals surface area contributed by atoms with Crippen LogP contribution in [0.3, 0.4) is 0 Å². The zero-order valence-electron chi connectivity index (χ0n) is 9.20. The van der Waals surface area contributed by atoms with Crippen LogP contribution in [0.25, 0.3) is 11.2 Å². The van der Waals surface area contributed by atoms with E-state index in [0.717, 1.165) is 29.4 Å². The van der Waals surface area contributed by atoms with Crippen LogP contribution in [0.1, 0.15) is 32.5 Å². The highest BCUT2D eigenvalue weighted by molar-refractivity contribution is 5.82. The molecule has 2 heterocycles. The number of rotatable bonds is 3. The molecule has 0 aliphatic carbocycles. The molecule has 0 amide bonds. The SMILES string of the molecule is CCNc1nc(C(C)C)nc2nc[nH]c12. The van der Waals surface area contributed by atoms with Crippen LogP contribution in [0.2, 0.25) is 0 Å². The molecule has 2 aromatic heterocycles. The molecule has 0 fully saturated rings. The number of aromatic amines is 1. The minimum absolute atomic E-state index is 0.309. The summed E-state index contributed by atoms with van der Waals surface area (Å²) in [6.07, 6.45) is 1.64. The lowest BCUT2D eigenvalue weighted by Gasteiger charge is -2.07. The second kappa shape index (κ2) is 3.84. The van der Waals surface area contributed by atoms with E-state index in [1.54, 1.807) is 6.33 Å². The molecule has 0 radical (unpaired) electrons. The Morgan fingerprint density at radius 3 is 2.87 bits per heavy atom. The minimum atomic E-state index is 0.309. The van der Waals surface area contributed by atoms with Crippen LogP contribution >= 0.6 is 0 Å². The van der Waals surface area contributed by atoms with Crippen molar-refractivity contribution in [2.75, 3.05) is 11.9 Å². The molecular weight excluding hydrogens is 190 g/mol. The van der Waals surface area contributed by atoms with E-state index in [1.807, 2.05) is 6.92 Å². The van der Waals surface area contributed by atoms with Gasteiger partial charge in [0.1, 0.15) is 11.3 Å². The van der Waals surface area contributed by atoms with Crippen molar-refractivity contribution in [2.24, 2.45) is 0 Å². The van der Waals surface area contributed by atoms with Gasteiger partial charge in [-0.05, 0) is 6.92 Å². The summed E-state index contributed by atoms with van der Waals surface area (Å²) in [7, 11) is 0. The topological polar surface area (TPSA) is 66.5 Å². The quantitative estimate of drug-likeness (QED) is 0.803. The van der Waals surface area contributed by atoms with Gasteiger partial charge in [-0.2, -0.15) is 0 Å². The summed E-state index contributed by atoms with van der Waals surface area (Å²) in [6, 6.07) is 0. The normalized spacial score (nSPS) is 11.2. The molecule has 0 aliphatic rings. The highest BCUT2D eigenvalue weighted by Gasteiger charge is 2.10. The number of hydrogen-bond acceptors (Lipinski definition) is 4. The van der Waals surface area contributed by atoms with Crippen molar-refractivity contribution in [2.45, 2.75) is 26.7 Å². The van der Waals surface area contributed by atoms with E-state index in [4.69, 9.17) is 0 Å². The standard InChI is InChI=1S/C10H15N5/c1-4-11-9-7-10(13-5-12-7)15-8(14-9)6(2)3/h5-6H,4H2,1-3H3,(H2,11,12,13,14,15). The fourth-order valence-corrected chi connectivity index (χ4v) is 1.40. The monoisotopic (exact) mass is 205 g/mol. The highest BCUT2D eigenvalue weighted by Crippen LogP contribution is 2.19. The van der Waals surface area contributed by atoms with Gasteiger partial charge in [0.2, 0.25) is 0 Å². The molecule has 2 N–H and O–H groups in total. The van der Waals surface area contributed by atoms with Crippen molar-refractivity contribution < 1.29 is 0 Å². The van der Waals surface area contributed by atoms with Crippen molar-refractivity contribution in [3.8, 4) is 0 Å². The van der Waals surface area contributed by atoms with E-state index in [0.29, 0.717) is 5.92 Å². The van der Waals surface area contributed by atoms with Crippen molar-refractivity contribution >= 4 is 17.0 Å². The number of nitrogens with one attached hydrogen (secondary N) is 2. The Hall–Kier alpha value is -1.65. The molecule has 0 atom stereocenters. The van der Waals surface area contributed by atoms with Gasteiger partial charge in [-0.25, -0.2) is 15.0 Å². The molecule has 5 heteroatoms. The maximum atomic E-state index is 4.47. The summed E-state index contributed by atoms with van der Waals surface area (Å²) in [6.45, 7) is 7.02. The van der Waals surface area contributed by atoms with Gasteiger partial charge in [-0.1, -0.05) is 13.8 Å². The molecule has 5 nitrogen and oxygen atoms in total. The summed E-state index contributed by atoms with van der Waals surface area (Å²) in [5.41, 5.74) is 1.60. The van der Waals surface area contributed by atoms with Crippen LogP contribution in [-0.4, -0.2) is 26.5 Å². The van der Waals surface area contributed by atoms with E-state index >= 15 is 0 Å². The molecule has 2 rings (SSSR count). The summed E-state index contributed by atoms with van der Waals surface area (Å²) in [5.74, 6) is 1.97. The van der Waals surface area contributed by atoms with Gasteiger partial charge in [0.25, 0.3) is 0 Å². The fraction of sp³-hybridized carbons (Fsp3) is 0.500. The first-order chi connectivity index (χ1) is 7.22. The average molecular weight is 205 g/mol. The zero-order valence-corrected chi connectivity index (χ0v) is 9.20. The Morgan fingerprint density at radius 2 is 2.20 bits per heavy atom. The smallest absolute Gasteiger partial charge is 0.183 e. The third kappa shape index (κ3) is 1.77. The maximum absolute atomic E-state index is 4.47. The molecule has 0 saturated carbocycles. The van der Waals surface area contributed by atoms with E-state index in [2.05, 4.69) is 39.1 Å². The van der Waals surface area contributed by atoms with E-state index in [1.165, 1.54) is 0 Å². The molecule has 0 aliphatic heterocycles. The Balaban J connectivity index is 2.58. The Labute approximate surface area is 88.4 Å². The van der Waals surface area contributed by atoms with Crippen LogP contribution < -0.4 is 5.32 Å². The van der Waals surface area contributed by atoms with E-state index in [9.17, 15) is 0 Å². The molecule has 0 aromatic carbocycles. The number of nitrogens with zero attached hydrogens (tertiary/aromatic N) is 3. The van der Waals surface area contributed by atoms with Gasteiger partial charge in [0, 0.05) is 12.5 Å². The van der Waals surface area contributed by atoms with Crippen LogP contribution in [-0.2, 0) is 0 Å². The predicted molar refractivity (Wildman–Crippen MR) is 59.9 cm³/mol. The molecule has 0 bridgehead atoms. The van der Waals surface area contributed by atoms with Crippen molar-refractivity contribution in [1.29, 1.82) is 0 Å². The fourth-order valence-electron chi connectivity index (χ4n) is 1.40. The third-order valence-electron chi connectivity index (χ3n) is 2.16. The largest absolute Gasteiger partial charge is 0.368 e. The van der Waals surface area contributed by atoms with Gasteiger partial charge in [-0.15, -0.1) is 0 Å². The number of H-pyrrole nitrogens is 1. The highest BCUT2D eigenvalue weighted by atomic mass is 15.1. The molecule has 2 aromatic rings. The van der Waals surface area contributed by atoms with Crippen LogP contribution in [0.5, 0.6) is 0 Å². The summed E-state index contributed by atoms with van der Waals surface area (Å²) in [4.78, 5) is 16.1. The average Bonchev–Trinajstić information content (AvgIpc) is 2.65. The van der Waals surface area contributed by atoms with E-state index in [-0.39, 0.29) is 0 Å². The van der Waals surface area contributed by atoms with Crippen molar-refractivity contribution in [1.82, 2.24) is 19.9 Å². The van der Waals surface area contributed by atoms with Crippen LogP contribution in [0, 0.1) is 0 Å². The Kier molecular flexibility index (Phi) is 2.53. The van der Waals surface area contributed by atoms with Crippen LogP contribution in [0.4, 0.5) is 5.82 Å². The number of hydrogen-bond donors (Lipinski definition) is 2. The molecule has 0 saturated heterocycles. The first-order valence-electron chi connectivity index (χ1n) is 5.17. The summed E-state index contributed by atoms with van der Waals surface area (Å²) in [5, 5.41) is 3.21. The first-order valence-corrected chi connectivity index (χ1v) is 5.17. The van der Waals surface area contributed by atoms with Crippen LogP contribution in [0.15, 0.2) is 6.33 Å². The lowest BCUT2D eigenvalue weighted by molar-refractivity contribution is 0.782. The Morgan fingerprint density at radius 1 is 1.40 bits per heavy atom. The zero-order chi connectivity index (χ0) is 10.8. The molecule has 80 valence electrons. The summed E-state index contributed by atoms with van der Waals surface area (Å²) >= 11 is 0. The van der Waals surface area contributed by atoms with Gasteiger partial charge in [0.05, 0.1) is 6.33 Å². The van der Waals surface area contributed by atoms with Gasteiger partial charge >= 0.3 is 0 Å². The van der Waals surface area contributed by atoms with Crippen molar-refractivity contribution in [3.63, 3.8) is 0 Å². The first kappa shape index (κ1) is 9.89. The molecule has 0 unspecified atom stereocenters. The second-order valence-corrected chi connectivity index (χ2v) is 3.72. The number of fused-ring (bicyclic) bond motifs is 1. The minimum Gasteiger partial charge on any atom is -0.368 e.